The van der Waals surface area contributed by atoms with Gasteiger partial charge in [-0.05, 0) is 43.7 Å². The molecule has 28 heavy (non-hydrogen) atoms. The van der Waals surface area contributed by atoms with E-state index in [1.165, 1.54) is 11.3 Å². The maximum atomic E-state index is 12.8. The summed E-state index contributed by atoms with van der Waals surface area (Å²) in [5.41, 5.74) is 1.05. The third-order valence-electron chi connectivity index (χ3n) is 4.40. The number of fused-ring (bicyclic) bond motifs is 2. The van der Waals surface area contributed by atoms with E-state index in [1.807, 2.05) is 43.3 Å². The zero-order valence-corrected chi connectivity index (χ0v) is 16.7. The Kier molecular flexibility index (Phi) is 5.34. The number of nitrogens with zero attached hydrogens (tertiary/aromatic N) is 2. The molecule has 2 aromatic carbocycles. The molecule has 0 saturated carbocycles. The molecule has 0 aliphatic carbocycles. The standard InChI is InChI=1S/C21H22N2O4S/c1-3-11-23-15-10-9-14(25-4-2)12-19(15)28-21(23)22-20(24)18-13-26-16-7-5-6-8-17(16)27-18/h5-10,12,18H,3-4,11,13H2,1-2H3/t18-/m1/s1. The Labute approximate surface area is 167 Å². The normalized spacial score (nSPS) is 16.4. The van der Waals surface area contributed by atoms with Gasteiger partial charge in [-0.2, -0.15) is 4.99 Å². The summed E-state index contributed by atoms with van der Waals surface area (Å²) in [6, 6.07) is 13.3. The number of para-hydroxylation sites is 2. The maximum absolute atomic E-state index is 12.8. The van der Waals surface area contributed by atoms with Gasteiger partial charge in [-0.1, -0.05) is 30.4 Å². The second-order valence-corrected chi connectivity index (χ2v) is 7.42. The largest absolute Gasteiger partial charge is 0.494 e. The van der Waals surface area contributed by atoms with Crippen molar-refractivity contribution in [2.45, 2.75) is 32.9 Å². The number of rotatable bonds is 5. The van der Waals surface area contributed by atoms with Crippen LogP contribution in [-0.2, 0) is 11.3 Å². The maximum Gasteiger partial charge on any atom is 0.292 e. The first-order valence-electron chi connectivity index (χ1n) is 9.42. The molecule has 0 bridgehead atoms. The van der Waals surface area contributed by atoms with Gasteiger partial charge in [0.25, 0.3) is 5.91 Å². The van der Waals surface area contributed by atoms with E-state index in [2.05, 4.69) is 16.5 Å². The van der Waals surface area contributed by atoms with E-state index in [0.717, 1.165) is 28.9 Å². The van der Waals surface area contributed by atoms with E-state index in [-0.39, 0.29) is 12.5 Å². The Morgan fingerprint density at radius 2 is 2.07 bits per heavy atom. The predicted molar refractivity (Wildman–Crippen MR) is 108 cm³/mol. The highest BCUT2D eigenvalue weighted by molar-refractivity contribution is 7.16. The molecular formula is C21H22N2O4S. The van der Waals surface area contributed by atoms with Crippen molar-refractivity contribution in [3.8, 4) is 17.2 Å². The SMILES string of the molecule is CCCn1c(=NC(=O)[C@H]2COc3ccccc3O2)sc2cc(OCC)ccc21. The summed E-state index contributed by atoms with van der Waals surface area (Å²) in [7, 11) is 0. The summed E-state index contributed by atoms with van der Waals surface area (Å²) >= 11 is 1.48. The molecule has 0 fully saturated rings. The van der Waals surface area contributed by atoms with Gasteiger partial charge in [0.1, 0.15) is 12.4 Å². The minimum Gasteiger partial charge on any atom is -0.494 e. The lowest BCUT2D eigenvalue weighted by atomic mass is 10.2. The monoisotopic (exact) mass is 398 g/mol. The molecule has 1 atom stereocenters. The Bertz CT molecular complexity index is 1070. The fourth-order valence-corrected chi connectivity index (χ4v) is 4.23. The minimum absolute atomic E-state index is 0.159. The summed E-state index contributed by atoms with van der Waals surface area (Å²) in [4.78, 5) is 17.8. The van der Waals surface area contributed by atoms with Crippen LogP contribution in [0.2, 0.25) is 0 Å². The molecule has 0 spiro atoms. The smallest absolute Gasteiger partial charge is 0.292 e. The molecule has 1 aliphatic heterocycles. The fraction of sp³-hybridized carbons (Fsp3) is 0.333. The molecule has 0 N–H and O–H groups in total. The van der Waals surface area contributed by atoms with Gasteiger partial charge in [0, 0.05) is 6.54 Å². The molecule has 146 valence electrons. The third kappa shape index (κ3) is 3.62. The van der Waals surface area contributed by atoms with Gasteiger partial charge in [-0.3, -0.25) is 4.79 Å². The molecule has 0 radical (unpaired) electrons. The molecule has 1 amide bonds. The lowest BCUT2D eigenvalue weighted by Gasteiger charge is -2.23. The van der Waals surface area contributed by atoms with Crippen molar-refractivity contribution in [2.24, 2.45) is 4.99 Å². The van der Waals surface area contributed by atoms with Gasteiger partial charge >= 0.3 is 0 Å². The molecule has 4 rings (SSSR count). The van der Waals surface area contributed by atoms with Crippen molar-refractivity contribution in [3.05, 3.63) is 47.3 Å². The van der Waals surface area contributed by atoms with E-state index in [9.17, 15) is 4.79 Å². The predicted octanol–water partition coefficient (Wildman–Crippen LogP) is 3.78. The summed E-state index contributed by atoms with van der Waals surface area (Å²) in [5.74, 6) is 1.70. The first kappa shape index (κ1) is 18.6. The van der Waals surface area contributed by atoms with Crippen molar-refractivity contribution < 1.29 is 19.0 Å². The van der Waals surface area contributed by atoms with Crippen LogP contribution in [0.4, 0.5) is 0 Å². The van der Waals surface area contributed by atoms with Gasteiger partial charge in [-0.15, -0.1) is 0 Å². The molecule has 2 heterocycles. The van der Waals surface area contributed by atoms with Crippen LogP contribution < -0.4 is 19.0 Å². The molecule has 3 aromatic rings. The number of benzene rings is 2. The molecule has 6 nitrogen and oxygen atoms in total. The Morgan fingerprint density at radius 1 is 1.25 bits per heavy atom. The number of carbonyl (C=O) groups is 1. The number of amides is 1. The number of thiazole rings is 1. The molecule has 1 aliphatic rings. The van der Waals surface area contributed by atoms with Gasteiger partial charge in [0.15, 0.2) is 16.3 Å². The second-order valence-electron chi connectivity index (χ2n) is 6.41. The van der Waals surface area contributed by atoms with Crippen LogP contribution >= 0.6 is 11.3 Å². The van der Waals surface area contributed by atoms with Crippen LogP contribution in [-0.4, -0.2) is 29.8 Å². The van der Waals surface area contributed by atoms with Crippen LogP contribution in [0.1, 0.15) is 20.3 Å². The average Bonchev–Trinajstić information content (AvgIpc) is 3.04. The number of aromatic nitrogens is 1. The molecule has 0 unspecified atom stereocenters. The Balaban J connectivity index is 1.68. The summed E-state index contributed by atoms with van der Waals surface area (Å²) in [5, 5.41) is 0. The second kappa shape index (κ2) is 8.06. The number of hydrogen-bond acceptors (Lipinski definition) is 5. The highest BCUT2D eigenvalue weighted by Crippen LogP contribution is 2.31. The van der Waals surface area contributed by atoms with Crippen molar-refractivity contribution in [1.29, 1.82) is 0 Å². The van der Waals surface area contributed by atoms with E-state index < -0.39 is 6.10 Å². The first-order valence-corrected chi connectivity index (χ1v) is 10.2. The highest BCUT2D eigenvalue weighted by Gasteiger charge is 2.27. The zero-order chi connectivity index (χ0) is 19.5. The zero-order valence-electron chi connectivity index (χ0n) is 15.9. The van der Waals surface area contributed by atoms with Crippen molar-refractivity contribution in [3.63, 3.8) is 0 Å². The van der Waals surface area contributed by atoms with E-state index in [0.29, 0.717) is 22.9 Å². The highest BCUT2D eigenvalue weighted by atomic mass is 32.1. The number of ether oxygens (including phenoxy) is 3. The third-order valence-corrected chi connectivity index (χ3v) is 5.44. The van der Waals surface area contributed by atoms with Crippen LogP contribution in [0.25, 0.3) is 10.2 Å². The number of aryl methyl sites for hydroxylation is 1. The van der Waals surface area contributed by atoms with E-state index >= 15 is 0 Å². The molecule has 0 saturated heterocycles. The van der Waals surface area contributed by atoms with Crippen molar-refractivity contribution >= 4 is 27.5 Å². The molecule has 1 aromatic heterocycles. The number of hydrogen-bond donors (Lipinski definition) is 0. The Morgan fingerprint density at radius 3 is 2.86 bits per heavy atom. The van der Waals surface area contributed by atoms with Crippen LogP contribution in [0.15, 0.2) is 47.5 Å². The quantitative estimate of drug-likeness (QED) is 0.656. The summed E-state index contributed by atoms with van der Waals surface area (Å²) in [6.07, 6.45) is 0.200. The van der Waals surface area contributed by atoms with Crippen LogP contribution in [0.3, 0.4) is 0 Å². The van der Waals surface area contributed by atoms with Crippen LogP contribution in [0.5, 0.6) is 17.2 Å². The average molecular weight is 398 g/mol. The lowest BCUT2D eigenvalue weighted by Crippen LogP contribution is -2.36. The van der Waals surface area contributed by atoms with Crippen molar-refractivity contribution in [2.75, 3.05) is 13.2 Å². The Hall–Kier alpha value is -2.80. The van der Waals surface area contributed by atoms with E-state index in [1.54, 1.807) is 6.07 Å². The van der Waals surface area contributed by atoms with Crippen molar-refractivity contribution in [1.82, 2.24) is 4.57 Å². The topological polar surface area (TPSA) is 62.1 Å². The van der Waals surface area contributed by atoms with Crippen LogP contribution in [0, 0.1) is 0 Å². The molecular weight excluding hydrogens is 376 g/mol. The first-order chi connectivity index (χ1) is 13.7. The van der Waals surface area contributed by atoms with E-state index in [4.69, 9.17) is 14.2 Å². The summed E-state index contributed by atoms with van der Waals surface area (Å²) < 4.78 is 20.2. The minimum atomic E-state index is -0.742. The van der Waals surface area contributed by atoms with Gasteiger partial charge in [0.05, 0.1) is 16.8 Å². The van der Waals surface area contributed by atoms with Gasteiger partial charge in [0.2, 0.25) is 6.10 Å². The fourth-order valence-electron chi connectivity index (χ4n) is 3.14. The molecule has 7 heteroatoms. The lowest BCUT2D eigenvalue weighted by molar-refractivity contribution is -0.127. The van der Waals surface area contributed by atoms with Gasteiger partial charge < -0.3 is 18.8 Å². The summed E-state index contributed by atoms with van der Waals surface area (Å²) in [6.45, 7) is 5.62. The number of carbonyl (C=O) groups excluding carboxylic acids is 1. The van der Waals surface area contributed by atoms with Gasteiger partial charge in [-0.25, -0.2) is 0 Å².